The Kier molecular flexibility index (Phi) is 24.5. The van der Waals surface area contributed by atoms with Gasteiger partial charge < -0.3 is 24.9 Å². The van der Waals surface area contributed by atoms with Crippen LogP contribution in [0.1, 0.15) is 163 Å². The number of aromatic amines is 5. The van der Waals surface area contributed by atoms with E-state index in [-0.39, 0.29) is 28.7 Å². The molecule has 0 amide bonds. The number of H-pyrrole nitrogens is 5. The van der Waals surface area contributed by atoms with Gasteiger partial charge in [0.2, 0.25) is 40.1 Å². The smallest absolute Gasteiger partial charge is 0.211 e. The Bertz CT molecular complexity index is 4920. The minimum absolute atomic E-state index is 0.0841. The van der Waals surface area contributed by atoms with E-state index in [1.165, 1.54) is 80.5 Å². The molecule has 5 saturated heterocycles. The first-order valence-corrected chi connectivity index (χ1v) is 46.3. The van der Waals surface area contributed by atoms with Crippen molar-refractivity contribution in [2.24, 2.45) is 0 Å². The van der Waals surface area contributed by atoms with Gasteiger partial charge in [-0.05, 0) is 195 Å². The Balaban J connectivity index is 0.000000130. The van der Waals surface area contributed by atoms with Gasteiger partial charge >= 0.3 is 0 Å². The Labute approximate surface area is 616 Å². The maximum absolute atomic E-state index is 13.4. The molecule has 0 aliphatic carbocycles. The molecule has 5 unspecified atom stereocenters. The molecule has 0 bridgehead atoms. The van der Waals surface area contributed by atoms with Gasteiger partial charge in [-0.3, -0.25) is 4.21 Å². The molecule has 15 rings (SSSR count). The highest BCUT2D eigenvalue weighted by atomic mass is 32.2. The van der Waals surface area contributed by atoms with E-state index in [1.54, 1.807) is 35.6 Å². The monoisotopic (exact) mass is 1520 g/mol. The molecule has 0 saturated carbocycles. The number of aromatic nitrogens is 5. The van der Waals surface area contributed by atoms with E-state index < -0.39 is 49.8 Å². The van der Waals surface area contributed by atoms with Crippen molar-refractivity contribution in [2.45, 2.75) is 158 Å². The fraction of sp³-hybridized carbons (Fsp3) is 0.481. The summed E-state index contributed by atoms with van der Waals surface area (Å²) in [7, 11) is -14.4. The van der Waals surface area contributed by atoms with Crippen LogP contribution in [-0.2, 0) is 60.6 Å². The Morgan fingerprint density at radius 1 is 0.394 bits per heavy atom. The van der Waals surface area contributed by atoms with Crippen LogP contribution >= 0.6 is 0 Å². The molecule has 564 valence electrons. The summed E-state index contributed by atoms with van der Waals surface area (Å²) in [5.74, 6) is 4.80. The van der Waals surface area contributed by atoms with E-state index in [0.29, 0.717) is 57.0 Å². The van der Waals surface area contributed by atoms with Crippen LogP contribution in [0.25, 0.3) is 54.5 Å². The fourth-order valence-electron chi connectivity index (χ4n) is 17.2. The van der Waals surface area contributed by atoms with Gasteiger partial charge in [-0.1, -0.05) is 100 Å². The number of halogens is 1. The fourth-order valence-corrected chi connectivity index (χ4v) is 22.3. The second-order valence-electron chi connectivity index (χ2n) is 29.6. The van der Waals surface area contributed by atoms with Crippen LogP contribution < -0.4 is 0 Å². The van der Waals surface area contributed by atoms with E-state index >= 15 is 0 Å². The first kappa shape index (κ1) is 78.4. The third-order valence-corrected chi connectivity index (χ3v) is 30.1. The lowest BCUT2D eigenvalue weighted by atomic mass is 9.71. The minimum Gasteiger partial charge on any atom is -0.361 e. The standard InChI is InChI=1S/4C16H22N2O2S.C15H19FN2OS/c2*1-3-16(8-10-18(11-9-16)21(2,19)20)14-12-17-15-7-5-4-6-13(14)15;2*1-3-13-10-12(8-9-18(13)21(2,19)20)15-11-17-16-7-5-4-6-14(15)16;1-20(2,19)18-7-5-11(6-8-18)14-10-17-15-4-3-12(16)9-13(14)15/h2*4-7,12,17H,3,8-11H2,1-2H3;2*4-7,11-13,17H,3,8-10H2,1-2H3;3-4,9-11,17H,1,5-8H2,2H3. The molecule has 5 aromatic heterocycles. The summed E-state index contributed by atoms with van der Waals surface area (Å²) in [6.45, 7) is 13.8. The van der Waals surface area contributed by atoms with Crippen LogP contribution in [0.5, 0.6) is 0 Å². The number of fused-ring (bicyclic) bond motifs is 5. The number of rotatable bonds is 14. The molecule has 5 aromatic carbocycles. The SMILES string of the molecule is C=S(C)(=O)N1CCC(c2c[nH]c3ccc(F)cc23)CC1.CCC1(c2c[nH]c3ccccc23)CCN(S(C)(=O)=O)CC1.CCC1(c2c[nH]c3ccccc23)CCN(S(C)(=O)=O)CC1.CCC1CC(c2c[nH]c3ccccc23)CCN1S(C)(=O)=O.CCC1CC(c2c[nH]c3ccccc23)CCN1S(C)(=O)=O. The van der Waals surface area contributed by atoms with Crippen LogP contribution in [-0.4, -0.2) is 186 Å². The van der Waals surface area contributed by atoms with E-state index in [1.807, 2.05) is 34.8 Å². The topological polar surface area (TPSA) is 249 Å². The summed E-state index contributed by atoms with van der Waals surface area (Å²) in [4.78, 5) is 16.6. The first-order chi connectivity index (χ1) is 49.4. The first-order valence-electron chi connectivity index (χ1n) is 36.8. The number of sulfonamides is 4. The molecule has 25 heteroatoms. The van der Waals surface area contributed by atoms with Gasteiger partial charge in [-0.25, -0.2) is 51.0 Å². The zero-order valence-electron chi connectivity index (χ0n) is 61.8. The number of nitrogens with one attached hydrogen (secondary N) is 5. The number of hydrogen-bond donors (Lipinski definition) is 5. The van der Waals surface area contributed by atoms with Crippen LogP contribution in [0.3, 0.4) is 0 Å². The Morgan fingerprint density at radius 2 is 0.721 bits per heavy atom. The third kappa shape index (κ3) is 17.6. The Morgan fingerprint density at radius 3 is 1.07 bits per heavy atom. The van der Waals surface area contributed by atoms with Gasteiger partial charge in [0, 0.05) is 166 Å². The normalized spacial score (nSPS) is 22.0. The second-order valence-corrected chi connectivity index (χ2v) is 39.8. The third-order valence-electron chi connectivity index (χ3n) is 23.3. The highest BCUT2D eigenvalue weighted by molar-refractivity contribution is 7.97. The van der Waals surface area contributed by atoms with Crippen molar-refractivity contribution in [3.05, 3.63) is 180 Å². The molecule has 10 aromatic rings. The van der Waals surface area contributed by atoms with E-state index in [2.05, 4.69) is 156 Å². The van der Waals surface area contributed by atoms with Crippen molar-refractivity contribution in [3.63, 3.8) is 0 Å². The van der Waals surface area contributed by atoms with Gasteiger partial charge in [-0.15, -0.1) is 0 Å². The average Bonchev–Trinajstić information content (AvgIpc) is 1.47. The molecule has 104 heavy (non-hydrogen) atoms. The van der Waals surface area contributed by atoms with Crippen molar-refractivity contribution < 1.29 is 42.3 Å². The van der Waals surface area contributed by atoms with Gasteiger partial charge in [0.05, 0.1) is 25.0 Å². The van der Waals surface area contributed by atoms with Crippen LogP contribution in [0.4, 0.5) is 4.39 Å². The molecule has 0 spiro atoms. The molecule has 0 radical (unpaired) electrons. The number of piperidine rings is 5. The maximum Gasteiger partial charge on any atom is 0.211 e. The summed E-state index contributed by atoms with van der Waals surface area (Å²) in [6.07, 6.45) is 30.2. The van der Waals surface area contributed by atoms with Crippen molar-refractivity contribution in [1.82, 2.24) is 46.4 Å². The lowest BCUT2D eigenvalue weighted by Crippen LogP contribution is -2.44. The summed E-state index contributed by atoms with van der Waals surface area (Å²) in [6, 6.07) is 38.4. The summed E-state index contributed by atoms with van der Waals surface area (Å²) in [5.41, 5.74) is 12.3. The lowest BCUT2D eigenvalue weighted by molar-refractivity contribution is 0.227. The summed E-state index contributed by atoms with van der Waals surface area (Å²) >= 11 is 0. The Hall–Kier alpha value is -6.65. The second kappa shape index (κ2) is 32.4. The predicted octanol–water partition coefficient (Wildman–Crippen LogP) is 14.7. The van der Waals surface area contributed by atoms with E-state index in [9.17, 15) is 42.3 Å². The molecular formula is C79H107FN10O9S5. The molecule has 10 heterocycles. The molecule has 19 nitrogen and oxygen atoms in total. The van der Waals surface area contributed by atoms with Crippen molar-refractivity contribution in [2.75, 3.05) is 83.6 Å². The van der Waals surface area contributed by atoms with Crippen LogP contribution in [0.2, 0.25) is 0 Å². The van der Waals surface area contributed by atoms with Gasteiger partial charge in [0.25, 0.3) is 0 Å². The zero-order valence-corrected chi connectivity index (χ0v) is 65.9. The molecule has 5 fully saturated rings. The number of para-hydroxylation sites is 4. The quantitative estimate of drug-likeness (QED) is 0.0649. The zero-order chi connectivity index (χ0) is 74.6. The number of nitrogens with zero attached hydrogens (tertiary/aromatic N) is 5. The molecule has 5 atom stereocenters. The van der Waals surface area contributed by atoms with Gasteiger partial charge in [0.1, 0.15) is 5.82 Å². The molecule has 5 aliphatic heterocycles. The van der Waals surface area contributed by atoms with Crippen LogP contribution in [0, 0.1) is 5.82 Å². The van der Waals surface area contributed by atoms with E-state index in [4.69, 9.17) is 0 Å². The predicted molar refractivity (Wildman–Crippen MR) is 427 cm³/mol. The molecular weight excluding hydrogens is 1410 g/mol. The van der Waals surface area contributed by atoms with Crippen molar-refractivity contribution >= 4 is 110 Å². The largest absolute Gasteiger partial charge is 0.361 e. The van der Waals surface area contributed by atoms with E-state index in [0.717, 1.165) is 136 Å². The van der Waals surface area contributed by atoms with Crippen LogP contribution in [0.15, 0.2) is 146 Å². The van der Waals surface area contributed by atoms with Gasteiger partial charge in [-0.2, -0.15) is 8.61 Å². The molecule has 5 aliphatic rings. The molecule has 5 N–H and O–H groups in total. The highest BCUT2D eigenvalue weighted by Gasteiger charge is 2.41. The number of benzene rings is 5. The van der Waals surface area contributed by atoms with Crippen molar-refractivity contribution in [1.29, 1.82) is 0 Å². The lowest BCUT2D eigenvalue weighted by Gasteiger charge is -2.40. The summed E-state index contributed by atoms with van der Waals surface area (Å²) in [5, 5.41) is 6.05. The number of hydrogen-bond acceptors (Lipinski definition) is 9. The average molecular weight is 1520 g/mol. The maximum atomic E-state index is 13.4. The minimum atomic E-state index is -3.10. The highest BCUT2D eigenvalue weighted by Crippen LogP contribution is 2.45. The van der Waals surface area contributed by atoms with Gasteiger partial charge in [0.15, 0.2) is 0 Å². The summed E-state index contributed by atoms with van der Waals surface area (Å²) < 4.78 is 128. The van der Waals surface area contributed by atoms with Crippen molar-refractivity contribution in [3.8, 4) is 0 Å².